The first-order valence-corrected chi connectivity index (χ1v) is 9.40. The summed E-state index contributed by atoms with van der Waals surface area (Å²) in [4.78, 5) is 26.7. The first-order valence-electron chi connectivity index (χ1n) is 9.40. The molecule has 6 nitrogen and oxygen atoms in total. The Bertz CT molecular complexity index is 1060. The van der Waals surface area contributed by atoms with Gasteiger partial charge in [-0.15, -0.1) is 0 Å². The Balaban J connectivity index is 1.56. The largest absolute Gasteiger partial charge is 0.348 e. The molecule has 2 aliphatic heterocycles. The Morgan fingerprint density at radius 3 is 2.78 bits per heavy atom. The molecule has 4 heterocycles. The van der Waals surface area contributed by atoms with Crippen LogP contribution < -0.4 is 5.32 Å². The third-order valence-electron chi connectivity index (χ3n) is 5.50. The molecule has 1 fully saturated rings. The molecule has 136 valence electrons. The second-order valence-electron chi connectivity index (χ2n) is 7.17. The van der Waals surface area contributed by atoms with Gasteiger partial charge in [0.1, 0.15) is 0 Å². The Morgan fingerprint density at radius 2 is 1.93 bits per heavy atom. The summed E-state index contributed by atoms with van der Waals surface area (Å²) in [5, 5.41) is 7.35. The number of carbonyl (C=O) groups is 2. The molecule has 0 saturated carbocycles. The van der Waals surface area contributed by atoms with E-state index in [1.165, 1.54) is 6.42 Å². The highest BCUT2D eigenvalue weighted by Crippen LogP contribution is 2.27. The number of rotatable bonds is 2. The van der Waals surface area contributed by atoms with Crippen LogP contribution in [-0.2, 0) is 6.54 Å². The smallest absolute Gasteiger partial charge is 0.257 e. The van der Waals surface area contributed by atoms with E-state index < -0.39 is 0 Å². The standard InChI is InChI=1S/C21H20N4O2/c26-20-16-8-7-14(11-15(16)12-22-20)18-5-4-6-19-17(13-23-25(18)19)21(27)24-9-2-1-3-10-24/h4-8,11,13H,1-3,9-10,12H2,(H,22,26). The minimum absolute atomic E-state index is 0.0248. The Hall–Kier alpha value is -3.15. The summed E-state index contributed by atoms with van der Waals surface area (Å²) < 4.78 is 1.82. The summed E-state index contributed by atoms with van der Waals surface area (Å²) in [6.45, 7) is 2.19. The zero-order valence-corrected chi connectivity index (χ0v) is 14.9. The Labute approximate surface area is 156 Å². The highest BCUT2D eigenvalue weighted by molar-refractivity contribution is 6.01. The van der Waals surface area contributed by atoms with E-state index in [1.54, 1.807) is 6.20 Å². The number of hydrogen-bond acceptors (Lipinski definition) is 3. The SMILES string of the molecule is O=C1NCc2cc(-c3cccc4c(C(=O)N5CCCCC5)cnn34)ccc21. The maximum absolute atomic E-state index is 12.9. The van der Waals surface area contributed by atoms with Gasteiger partial charge >= 0.3 is 0 Å². The van der Waals surface area contributed by atoms with Crippen LogP contribution in [0.5, 0.6) is 0 Å². The predicted molar refractivity (Wildman–Crippen MR) is 102 cm³/mol. The average Bonchev–Trinajstić information content (AvgIpc) is 3.31. The highest BCUT2D eigenvalue weighted by atomic mass is 16.2. The molecule has 2 aliphatic rings. The van der Waals surface area contributed by atoms with E-state index in [-0.39, 0.29) is 11.8 Å². The van der Waals surface area contributed by atoms with Crippen molar-refractivity contribution in [1.82, 2.24) is 19.8 Å². The van der Waals surface area contributed by atoms with Crippen LogP contribution in [-0.4, -0.2) is 39.4 Å². The van der Waals surface area contributed by atoms with Gasteiger partial charge in [0.25, 0.3) is 11.8 Å². The van der Waals surface area contributed by atoms with E-state index in [1.807, 2.05) is 45.8 Å². The van der Waals surface area contributed by atoms with Gasteiger partial charge in [-0.25, -0.2) is 4.52 Å². The van der Waals surface area contributed by atoms with E-state index in [0.717, 1.165) is 53.8 Å². The molecule has 1 N–H and O–H groups in total. The third-order valence-corrected chi connectivity index (χ3v) is 5.50. The first-order chi connectivity index (χ1) is 13.2. The number of carbonyl (C=O) groups excluding carboxylic acids is 2. The van der Waals surface area contributed by atoms with E-state index in [4.69, 9.17) is 0 Å². The molecule has 0 unspecified atom stereocenters. The monoisotopic (exact) mass is 360 g/mol. The third kappa shape index (κ3) is 2.60. The molecule has 6 heteroatoms. The van der Waals surface area contributed by atoms with Gasteiger partial charge in [0.2, 0.25) is 0 Å². The topological polar surface area (TPSA) is 66.7 Å². The van der Waals surface area contributed by atoms with Crippen LogP contribution in [0.2, 0.25) is 0 Å². The normalized spacial score (nSPS) is 16.4. The number of pyridine rings is 1. The second kappa shape index (κ2) is 6.23. The number of amides is 2. The lowest BCUT2D eigenvalue weighted by molar-refractivity contribution is 0.0726. The number of hydrogen-bond donors (Lipinski definition) is 1. The van der Waals surface area contributed by atoms with Crippen molar-refractivity contribution >= 4 is 17.3 Å². The summed E-state index contributed by atoms with van der Waals surface area (Å²) in [7, 11) is 0. The number of fused-ring (bicyclic) bond motifs is 2. The lowest BCUT2D eigenvalue weighted by Gasteiger charge is -2.26. The number of aromatic nitrogens is 2. The van der Waals surface area contributed by atoms with Gasteiger partial charge in [-0.2, -0.15) is 5.10 Å². The quantitative estimate of drug-likeness (QED) is 0.764. The zero-order chi connectivity index (χ0) is 18.4. The summed E-state index contributed by atoms with van der Waals surface area (Å²) in [6, 6.07) is 11.7. The molecule has 5 rings (SSSR count). The maximum Gasteiger partial charge on any atom is 0.257 e. The van der Waals surface area contributed by atoms with E-state index in [0.29, 0.717) is 12.1 Å². The van der Waals surface area contributed by atoms with Crippen LogP contribution in [0, 0.1) is 0 Å². The van der Waals surface area contributed by atoms with Crippen molar-refractivity contribution in [2.75, 3.05) is 13.1 Å². The number of nitrogens with zero attached hydrogens (tertiary/aromatic N) is 3. The molecule has 1 saturated heterocycles. The van der Waals surface area contributed by atoms with Crippen molar-refractivity contribution < 1.29 is 9.59 Å². The van der Waals surface area contributed by atoms with Crippen molar-refractivity contribution in [2.45, 2.75) is 25.8 Å². The Kier molecular flexibility index (Phi) is 3.70. The van der Waals surface area contributed by atoms with Crippen molar-refractivity contribution in [3.8, 4) is 11.3 Å². The van der Waals surface area contributed by atoms with Crippen molar-refractivity contribution in [3.05, 3.63) is 59.3 Å². The van der Waals surface area contributed by atoms with E-state index in [9.17, 15) is 9.59 Å². The maximum atomic E-state index is 12.9. The summed E-state index contributed by atoms with van der Waals surface area (Å²) in [5.41, 5.74) is 5.08. The van der Waals surface area contributed by atoms with Gasteiger partial charge in [-0.05, 0) is 49.1 Å². The second-order valence-corrected chi connectivity index (χ2v) is 7.17. The fourth-order valence-electron chi connectivity index (χ4n) is 4.05. The van der Waals surface area contributed by atoms with Crippen LogP contribution in [0.25, 0.3) is 16.8 Å². The first kappa shape index (κ1) is 16.1. The minimum Gasteiger partial charge on any atom is -0.348 e. The molecule has 27 heavy (non-hydrogen) atoms. The fraction of sp³-hybridized carbons (Fsp3) is 0.286. The Morgan fingerprint density at radius 1 is 1.07 bits per heavy atom. The van der Waals surface area contributed by atoms with Crippen molar-refractivity contribution in [3.63, 3.8) is 0 Å². The zero-order valence-electron chi connectivity index (χ0n) is 14.9. The number of benzene rings is 1. The minimum atomic E-state index is -0.0248. The van der Waals surface area contributed by atoms with Gasteiger partial charge in [0.15, 0.2) is 0 Å². The van der Waals surface area contributed by atoms with Gasteiger partial charge < -0.3 is 10.2 Å². The molecule has 2 aromatic heterocycles. The lowest BCUT2D eigenvalue weighted by Crippen LogP contribution is -2.35. The van der Waals surface area contributed by atoms with Gasteiger partial charge in [0, 0.05) is 30.8 Å². The number of nitrogens with one attached hydrogen (secondary N) is 1. The molecule has 0 atom stereocenters. The lowest BCUT2D eigenvalue weighted by atomic mass is 10.0. The molecular formula is C21H20N4O2. The van der Waals surface area contributed by atoms with Crippen LogP contribution in [0.15, 0.2) is 42.6 Å². The fourth-order valence-corrected chi connectivity index (χ4v) is 4.05. The summed E-state index contributed by atoms with van der Waals surface area (Å²) >= 11 is 0. The molecular weight excluding hydrogens is 340 g/mol. The van der Waals surface area contributed by atoms with Crippen molar-refractivity contribution in [2.24, 2.45) is 0 Å². The van der Waals surface area contributed by atoms with E-state index >= 15 is 0 Å². The molecule has 3 aromatic rings. The molecule has 0 bridgehead atoms. The average molecular weight is 360 g/mol. The number of likely N-dealkylation sites (tertiary alicyclic amines) is 1. The van der Waals surface area contributed by atoms with Crippen LogP contribution in [0.1, 0.15) is 45.5 Å². The van der Waals surface area contributed by atoms with E-state index in [2.05, 4.69) is 10.4 Å². The van der Waals surface area contributed by atoms with Gasteiger partial charge in [-0.3, -0.25) is 9.59 Å². The van der Waals surface area contributed by atoms with Crippen LogP contribution in [0.4, 0.5) is 0 Å². The number of piperidine rings is 1. The van der Waals surface area contributed by atoms with Gasteiger partial charge in [-0.1, -0.05) is 12.1 Å². The van der Waals surface area contributed by atoms with Crippen LogP contribution >= 0.6 is 0 Å². The molecule has 2 amide bonds. The molecule has 1 aromatic carbocycles. The summed E-state index contributed by atoms with van der Waals surface area (Å²) in [6.07, 6.45) is 5.00. The predicted octanol–water partition coefficient (Wildman–Crippen LogP) is 2.87. The highest BCUT2D eigenvalue weighted by Gasteiger charge is 2.23. The molecule has 0 radical (unpaired) electrons. The van der Waals surface area contributed by atoms with Crippen molar-refractivity contribution in [1.29, 1.82) is 0 Å². The van der Waals surface area contributed by atoms with Crippen LogP contribution in [0.3, 0.4) is 0 Å². The van der Waals surface area contributed by atoms with Gasteiger partial charge in [0.05, 0.1) is 23.0 Å². The molecule has 0 aliphatic carbocycles. The molecule has 0 spiro atoms. The summed E-state index contributed by atoms with van der Waals surface area (Å²) in [5.74, 6) is 0.0360.